The molecule has 3 N–H and O–H groups in total. The zero-order valence-electron chi connectivity index (χ0n) is 11.0. The Morgan fingerprint density at radius 2 is 2.15 bits per heavy atom. The van der Waals surface area contributed by atoms with E-state index >= 15 is 0 Å². The van der Waals surface area contributed by atoms with E-state index in [1.807, 2.05) is 31.2 Å². The highest BCUT2D eigenvalue weighted by Crippen LogP contribution is 2.32. The lowest BCUT2D eigenvalue weighted by atomic mass is 10.2. The summed E-state index contributed by atoms with van der Waals surface area (Å²) in [6.45, 7) is 2.33. The lowest BCUT2D eigenvalue weighted by Gasteiger charge is -2.06. The molecule has 0 unspecified atom stereocenters. The molecule has 0 amide bonds. The van der Waals surface area contributed by atoms with E-state index < -0.39 is 0 Å². The van der Waals surface area contributed by atoms with E-state index in [1.165, 1.54) is 17.8 Å². The number of fused-ring (bicyclic) bond motifs is 1. The van der Waals surface area contributed by atoms with Crippen LogP contribution >= 0.6 is 11.8 Å². The highest BCUT2D eigenvalue weighted by atomic mass is 32.2. The minimum atomic E-state index is -0.269. The molecule has 20 heavy (non-hydrogen) atoms. The van der Waals surface area contributed by atoms with Crippen LogP contribution in [0.5, 0.6) is 0 Å². The molecule has 0 bridgehead atoms. The first-order chi connectivity index (χ1) is 9.67. The molecule has 1 aromatic heterocycles. The number of rotatable bonds is 3. The number of aryl methyl sites for hydroxylation is 1. The predicted molar refractivity (Wildman–Crippen MR) is 79.2 cm³/mol. The fourth-order valence-electron chi connectivity index (χ4n) is 2.07. The third kappa shape index (κ3) is 2.42. The third-order valence-corrected chi connectivity index (χ3v) is 4.13. The highest BCUT2D eigenvalue weighted by molar-refractivity contribution is 7.99. The van der Waals surface area contributed by atoms with Crippen molar-refractivity contribution in [3.05, 3.63) is 53.3 Å². The molecule has 0 aliphatic rings. The maximum absolute atomic E-state index is 13.9. The van der Waals surface area contributed by atoms with E-state index in [4.69, 9.17) is 5.73 Å². The van der Waals surface area contributed by atoms with Crippen molar-refractivity contribution >= 4 is 22.8 Å². The molecule has 0 aliphatic heterocycles. The van der Waals surface area contributed by atoms with E-state index in [0.29, 0.717) is 16.6 Å². The summed E-state index contributed by atoms with van der Waals surface area (Å²) < 4.78 is 13.9. The number of nitrogens with zero attached hydrogens (tertiary/aromatic N) is 1. The molecule has 0 saturated heterocycles. The molecule has 0 atom stereocenters. The van der Waals surface area contributed by atoms with Gasteiger partial charge in [0, 0.05) is 6.54 Å². The van der Waals surface area contributed by atoms with Crippen LogP contribution in [0.4, 0.5) is 4.39 Å². The Bertz CT molecular complexity index is 767. The van der Waals surface area contributed by atoms with Gasteiger partial charge in [-0.05, 0) is 48.0 Å². The van der Waals surface area contributed by atoms with Crippen LogP contribution in [-0.4, -0.2) is 9.97 Å². The van der Waals surface area contributed by atoms with Crippen molar-refractivity contribution < 1.29 is 4.39 Å². The molecule has 3 aromatic rings. The van der Waals surface area contributed by atoms with Crippen LogP contribution in [-0.2, 0) is 6.54 Å². The predicted octanol–water partition coefficient (Wildman–Crippen LogP) is 3.62. The zero-order chi connectivity index (χ0) is 14.1. The fraction of sp³-hybridized carbons (Fsp3) is 0.133. The number of halogens is 1. The van der Waals surface area contributed by atoms with Crippen molar-refractivity contribution in [2.45, 2.75) is 23.5 Å². The van der Waals surface area contributed by atoms with Crippen molar-refractivity contribution in [1.82, 2.24) is 9.97 Å². The number of hydrogen-bond donors (Lipinski definition) is 2. The molecule has 0 saturated carbocycles. The van der Waals surface area contributed by atoms with E-state index in [0.717, 1.165) is 22.2 Å². The van der Waals surface area contributed by atoms with Crippen LogP contribution in [0.1, 0.15) is 11.1 Å². The van der Waals surface area contributed by atoms with Gasteiger partial charge in [0.1, 0.15) is 5.82 Å². The molecule has 0 fully saturated rings. The first-order valence-electron chi connectivity index (χ1n) is 6.29. The molecule has 0 radical (unpaired) electrons. The third-order valence-electron chi connectivity index (χ3n) is 3.08. The lowest BCUT2D eigenvalue weighted by Crippen LogP contribution is -2.00. The van der Waals surface area contributed by atoms with Crippen LogP contribution in [0, 0.1) is 12.7 Å². The Kier molecular flexibility index (Phi) is 3.46. The van der Waals surface area contributed by atoms with Crippen LogP contribution in [0.3, 0.4) is 0 Å². The minimum Gasteiger partial charge on any atom is -0.333 e. The Hall–Kier alpha value is -1.85. The topological polar surface area (TPSA) is 54.7 Å². The molecule has 3 rings (SSSR count). The summed E-state index contributed by atoms with van der Waals surface area (Å²) in [6, 6.07) is 10.9. The van der Waals surface area contributed by atoms with Crippen molar-refractivity contribution in [3.63, 3.8) is 0 Å². The standard InChI is InChI=1S/C15H14FN3S/c1-9-5-6-12-13(7-9)19-15(18-12)20-14-10(8-17)3-2-4-11(14)16/h2-7H,8,17H2,1H3,(H,18,19). The van der Waals surface area contributed by atoms with Crippen molar-refractivity contribution in [1.29, 1.82) is 0 Å². The van der Waals surface area contributed by atoms with Gasteiger partial charge in [-0.3, -0.25) is 0 Å². The van der Waals surface area contributed by atoms with Gasteiger partial charge in [-0.1, -0.05) is 18.2 Å². The van der Waals surface area contributed by atoms with Gasteiger partial charge >= 0.3 is 0 Å². The molecule has 0 aliphatic carbocycles. The lowest BCUT2D eigenvalue weighted by molar-refractivity contribution is 0.597. The number of H-pyrrole nitrogens is 1. The van der Waals surface area contributed by atoms with Gasteiger partial charge in [-0.15, -0.1) is 0 Å². The van der Waals surface area contributed by atoms with Crippen LogP contribution in [0.25, 0.3) is 11.0 Å². The summed E-state index contributed by atoms with van der Waals surface area (Å²) >= 11 is 1.28. The largest absolute Gasteiger partial charge is 0.333 e. The zero-order valence-corrected chi connectivity index (χ0v) is 11.8. The Morgan fingerprint density at radius 1 is 1.30 bits per heavy atom. The summed E-state index contributed by atoms with van der Waals surface area (Å²) in [7, 11) is 0. The van der Waals surface area contributed by atoms with E-state index in [9.17, 15) is 4.39 Å². The summed E-state index contributed by atoms with van der Waals surface area (Å²) in [6.07, 6.45) is 0. The molecule has 1 heterocycles. The quantitative estimate of drug-likeness (QED) is 0.773. The highest BCUT2D eigenvalue weighted by Gasteiger charge is 2.12. The summed E-state index contributed by atoms with van der Waals surface area (Å²) in [4.78, 5) is 8.21. The summed E-state index contributed by atoms with van der Waals surface area (Å²) in [5, 5.41) is 0.672. The van der Waals surface area contributed by atoms with Crippen LogP contribution in [0.15, 0.2) is 46.5 Å². The number of imidazole rings is 1. The van der Waals surface area contributed by atoms with Gasteiger partial charge in [0.2, 0.25) is 0 Å². The van der Waals surface area contributed by atoms with Gasteiger partial charge in [-0.25, -0.2) is 9.37 Å². The number of hydrogen-bond acceptors (Lipinski definition) is 3. The average molecular weight is 287 g/mol. The minimum absolute atomic E-state index is 0.269. The number of nitrogens with two attached hydrogens (primary N) is 1. The van der Waals surface area contributed by atoms with E-state index in [2.05, 4.69) is 9.97 Å². The average Bonchev–Trinajstić information content (AvgIpc) is 2.82. The van der Waals surface area contributed by atoms with Gasteiger partial charge in [0.25, 0.3) is 0 Å². The van der Waals surface area contributed by atoms with Gasteiger partial charge in [-0.2, -0.15) is 0 Å². The Labute approximate surface area is 120 Å². The van der Waals surface area contributed by atoms with Crippen molar-refractivity contribution in [3.8, 4) is 0 Å². The van der Waals surface area contributed by atoms with Gasteiger partial charge in [0.15, 0.2) is 5.16 Å². The SMILES string of the molecule is Cc1ccc2nc(Sc3c(F)cccc3CN)[nH]c2c1. The fourth-order valence-corrected chi connectivity index (χ4v) is 3.02. The maximum Gasteiger partial charge on any atom is 0.171 e. The second-order valence-electron chi connectivity index (χ2n) is 4.60. The molecule has 0 spiro atoms. The number of aromatic nitrogens is 2. The monoisotopic (exact) mass is 287 g/mol. The first-order valence-corrected chi connectivity index (χ1v) is 7.10. The smallest absolute Gasteiger partial charge is 0.171 e. The molecular formula is C15H14FN3S. The first kappa shape index (κ1) is 13.1. The Morgan fingerprint density at radius 3 is 2.95 bits per heavy atom. The second-order valence-corrected chi connectivity index (χ2v) is 5.60. The normalized spacial score (nSPS) is 11.2. The maximum atomic E-state index is 13.9. The number of aromatic amines is 1. The molecule has 5 heteroatoms. The number of nitrogens with one attached hydrogen (secondary N) is 1. The van der Waals surface area contributed by atoms with Crippen LogP contribution in [0.2, 0.25) is 0 Å². The summed E-state index contributed by atoms with van der Waals surface area (Å²) in [5.41, 5.74) is 9.44. The van der Waals surface area contributed by atoms with E-state index in [-0.39, 0.29) is 5.82 Å². The molecule has 2 aromatic carbocycles. The van der Waals surface area contributed by atoms with E-state index in [1.54, 1.807) is 6.07 Å². The molecular weight excluding hydrogens is 273 g/mol. The van der Waals surface area contributed by atoms with Gasteiger partial charge in [0.05, 0.1) is 15.9 Å². The molecule has 102 valence electrons. The van der Waals surface area contributed by atoms with Gasteiger partial charge < -0.3 is 10.7 Å². The van der Waals surface area contributed by atoms with Crippen molar-refractivity contribution in [2.75, 3.05) is 0 Å². The molecule has 3 nitrogen and oxygen atoms in total. The van der Waals surface area contributed by atoms with Crippen LogP contribution < -0.4 is 5.73 Å². The second kappa shape index (κ2) is 5.26. The summed E-state index contributed by atoms with van der Waals surface area (Å²) in [5.74, 6) is -0.269. The number of benzene rings is 2. The van der Waals surface area contributed by atoms with Crippen molar-refractivity contribution in [2.24, 2.45) is 5.73 Å². The Balaban J connectivity index is 2.01.